The first kappa shape index (κ1) is 13.5. The summed E-state index contributed by atoms with van der Waals surface area (Å²) in [6.45, 7) is 0. The molecule has 0 saturated carbocycles. The van der Waals surface area contributed by atoms with Gasteiger partial charge >= 0.3 is 0 Å². The molecule has 0 unspecified atom stereocenters. The maximum Gasteiger partial charge on any atom is 0.292 e. The van der Waals surface area contributed by atoms with Gasteiger partial charge < -0.3 is 10.7 Å². The van der Waals surface area contributed by atoms with Gasteiger partial charge in [0, 0.05) is 17.7 Å². The van der Waals surface area contributed by atoms with E-state index in [1.54, 1.807) is 6.07 Å². The standard InChI is InChI=1S/C13H8BrFN4O2/c14-7-4-10-11(5-8(7)15)18-13(17-10)6-1-2-9(16)12(3-6)19(20)21/h1-5H,16H2,(H,17,18). The number of nitro groups is 1. The summed E-state index contributed by atoms with van der Waals surface area (Å²) in [6.07, 6.45) is 0. The Morgan fingerprint density at radius 2 is 2.10 bits per heavy atom. The van der Waals surface area contributed by atoms with E-state index >= 15 is 0 Å². The molecule has 8 heteroatoms. The second-order valence-corrected chi connectivity index (χ2v) is 5.25. The molecule has 21 heavy (non-hydrogen) atoms. The van der Waals surface area contributed by atoms with E-state index in [0.29, 0.717) is 26.9 Å². The summed E-state index contributed by atoms with van der Waals surface area (Å²) in [5.74, 6) is -0.00779. The lowest BCUT2D eigenvalue weighted by Crippen LogP contribution is -1.96. The number of nitrogen functional groups attached to an aromatic ring is 1. The molecule has 106 valence electrons. The largest absolute Gasteiger partial charge is 0.393 e. The van der Waals surface area contributed by atoms with Crippen LogP contribution in [0.3, 0.4) is 0 Å². The van der Waals surface area contributed by atoms with Crippen molar-refractivity contribution in [1.82, 2.24) is 9.97 Å². The minimum absolute atomic E-state index is 0.0775. The number of H-pyrrole nitrogens is 1. The van der Waals surface area contributed by atoms with Crippen molar-refractivity contribution in [3.8, 4) is 11.4 Å². The number of anilines is 1. The molecular weight excluding hydrogens is 343 g/mol. The molecule has 0 saturated heterocycles. The molecule has 3 aromatic rings. The molecule has 3 rings (SSSR count). The fraction of sp³-hybridized carbons (Fsp3) is 0. The third-order valence-electron chi connectivity index (χ3n) is 3.02. The van der Waals surface area contributed by atoms with Gasteiger partial charge in [0.05, 0.1) is 20.4 Å². The summed E-state index contributed by atoms with van der Waals surface area (Å²) in [4.78, 5) is 17.6. The maximum absolute atomic E-state index is 13.5. The van der Waals surface area contributed by atoms with Crippen molar-refractivity contribution >= 4 is 38.3 Å². The number of nitrogens with two attached hydrogens (primary N) is 1. The Bertz CT molecular complexity index is 839. The van der Waals surface area contributed by atoms with E-state index in [1.165, 1.54) is 24.3 Å². The maximum atomic E-state index is 13.5. The van der Waals surface area contributed by atoms with Crippen LogP contribution in [0.4, 0.5) is 15.8 Å². The molecular formula is C13H8BrFN4O2. The first-order chi connectivity index (χ1) is 9.95. The van der Waals surface area contributed by atoms with Crippen molar-refractivity contribution in [2.45, 2.75) is 0 Å². The zero-order valence-electron chi connectivity index (χ0n) is 10.4. The Labute approximate surface area is 126 Å². The molecule has 0 spiro atoms. The van der Waals surface area contributed by atoms with Crippen LogP contribution >= 0.6 is 15.9 Å². The van der Waals surface area contributed by atoms with Gasteiger partial charge in [-0.05, 0) is 34.1 Å². The molecule has 0 radical (unpaired) electrons. The number of nitrogens with one attached hydrogen (secondary N) is 1. The van der Waals surface area contributed by atoms with Gasteiger partial charge in [-0.25, -0.2) is 9.37 Å². The van der Waals surface area contributed by atoms with Crippen LogP contribution in [0.2, 0.25) is 0 Å². The first-order valence-electron chi connectivity index (χ1n) is 5.85. The molecule has 0 fully saturated rings. The van der Waals surface area contributed by atoms with Crippen molar-refractivity contribution in [2.75, 3.05) is 5.73 Å². The van der Waals surface area contributed by atoms with E-state index in [1.807, 2.05) is 0 Å². The van der Waals surface area contributed by atoms with Crippen LogP contribution in [-0.4, -0.2) is 14.9 Å². The normalized spacial score (nSPS) is 11.0. The predicted octanol–water partition coefficient (Wildman–Crippen LogP) is 3.62. The molecule has 1 heterocycles. The van der Waals surface area contributed by atoms with E-state index in [0.717, 1.165) is 0 Å². The highest BCUT2D eigenvalue weighted by molar-refractivity contribution is 9.10. The molecule has 0 aliphatic rings. The summed E-state index contributed by atoms with van der Waals surface area (Å²) >= 11 is 3.09. The monoisotopic (exact) mass is 350 g/mol. The number of hydrogen-bond donors (Lipinski definition) is 2. The Balaban J connectivity index is 2.16. The summed E-state index contributed by atoms with van der Waals surface area (Å²) in [5.41, 5.74) is 7.00. The first-order valence-corrected chi connectivity index (χ1v) is 6.64. The van der Waals surface area contributed by atoms with Crippen LogP contribution in [0.1, 0.15) is 0 Å². The summed E-state index contributed by atoms with van der Waals surface area (Å²) in [6, 6.07) is 7.24. The van der Waals surface area contributed by atoms with E-state index in [-0.39, 0.29) is 11.4 Å². The van der Waals surface area contributed by atoms with Gasteiger partial charge in [-0.2, -0.15) is 0 Å². The minimum Gasteiger partial charge on any atom is -0.393 e. The molecule has 0 bridgehead atoms. The highest BCUT2D eigenvalue weighted by atomic mass is 79.9. The predicted molar refractivity (Wildman–Crippen MR) is 80.3 cm³/mol. The number of aromatic amines is 1. The van der Waals surface area contributed by atoms with Gasteiger partial charge in [0.2, 0.25) is 0 Å². The average Bonchev–Trinajstić information content (AvgIpc) is 2.82. The smallest absolute Gasteiger partial charge is 0.292 e. The number of halogens is 2. The highest BCUT2D eigenvalue weighted by Gasteiger charge is 2.15. The summed E-state index contributed by atoms with van der Waals surface area (Å²) in [5, 5.41) is 10.9. The number of rotatable bonds is 2. The average molecular weight is 351 g/mol. The van der Waals surface area contributed by atoms with Crippen molar-refractivity contribution in [3.63, 3.8) is 0 Å². The topological polar surface area (TPSA) is 97.8 Å². The van der Waals surface area contributed by atoms with Crippen molar-refractivity contribution in [3.05, 3.63) is 50.7 Å². The fourth-order valence-electron chi connectivity index (χ4n) is 1.99. The fourth-order valence-corrected chi connectivity index (χ4v) is 2.32. The second kappa shape index (κ2) is 4.81. The SMILES string of the molecule is Nc1ccc(-c2nc3cc(Br)c(F)cc3[nH]2)cc1[N+](=O)[O-]. The Hall–Kier alpha value is -2.48. The van der Waals surface area contributed by atoms with Crippen LogP contribution in [0, 0.1) is 15.9 Å². The Morgan fingerprint density at radius 1 is 1.33 bits per heavy atom. The van der Waals surface area contributed by atoms with Crippen LogP contribution in [0.5, 0.6) is 0 Å². The third kappa shape index (κ3) is 2.33. The number of fused-ring (bicyclic) bond motifs is 1. The third-order valence-corrected chi connectivity index (χ3v) is 3.63. The van der Waals surface area contributed by atoms with E-state index in [2.05, 4.69) is 25.9 Å². The van der Waals surface area contributed by atoms with Gasteiger partial charge in [-0.1, -0.05) is 0 Å². The lowest BCUT2D eigenvalue weighted by Gasteiger charge is -1.99. The highest BCUT2D eigenvalue weighted by Crippen LogP contribution is 2.29. The van der Waals surface area contributed by atoms with E-state index < -0.39 is 10.7 Å². The number of benzene rings is 2. The quantitative estimate of drug-likeness (QED) is 0.419. The molecule has 0 amide bonds. The summed E-state index contributed by atoms with van der Waals surface area (Å²) < 4.78 is 13.8. The van der Waals surface area contributed by atoms with E-state index in [9.17, 15) is 14.5 Å². The summed E-state index contributed by atoms with van der Waals surface area (Å²) in [7, 11) is 0. The Morgan fingerprint density at radius 3 is 2.81 bits per heavy atom. The number of imidazole rings is 1. The number of nitrogens with zero attached hydrogens (tertiary/aromatic N) is 2. The lowest BCUT2D eigenvalue weighted by atomic mass is 10.1. The molecule has 2 aromatic carbocycles. The molecule has 0 atom stereocenters. The van der Waals surface area contributed by atoms with Gasteiger partial charge in [-0.3, -0.25) is 10.1 Å². The number of hydrogen-bond acceptors (Lipinski definition) is 4. The van der Waals surface area contributed by atoms with Crippen molar-refractivity contribution in [2.24, 2.45) is 0 Å². The van der Waals surface area contributed by atoms with Gasteiger partial charge in [0.1, 0.15) is 17.3 Å². The van der Waals surface area contributed by atoms with Crippen molar-refractivity contribution < 1.29 is 9.31 Å². The molecule has 0 aliphatic heterocycles. The molecule has 3 N–H and O–H groups in total. The second-order valence-electron chi connectivity index (χ2n) is 4.40. The number of nitro benzene ring substituents is 1. The zero-order chi connectivity index (χ0) is 15.1. The van der Waals surface area contributed by atoms with Gasteiger partial charge in [-0.15, -0.1) is 0 Å². The molecule has 6 nitrogen and oxygen atoms in total. The lowest BCUT2D eigenvalue weighted by molar-refractivity contribution is -0.383. The van der Waals surface area contributed by atoms with Crippen LogP contribution in [0.25, 0.3) is 22.4 Å². The number of aromatic nitrogens is 2. The van der Waals surface area contributed by atoms with Gasteiger partial charge in [0.15, 0.2) is 0 Å². The van der Waals surface area contributed by atoms with Crippen LogP contribution in [0.15, 0.2) is 34.8 Å². The van der Waals surface area contributed by atoms with Crippen molar-refractivity contribution in [1.29, 1.82) is 0 Å². The van der Waals surface area contributed by atoms with Gasteiger partial charge in [0.25, 0.3) is 5.69 Å². The minimum atomic E-state index is -0.558. The molecule has 1 aromatic heterocycles. The van der Waals surface area contributed by atoms with E-state index in [4.69, 9.17) is 5.73 Å². The van der Waals surface area contributed by atoms with Crippen LogP contribution < -0.4 is 5.73 Å². The Kier molecular flexibility index (Phi) is 3.09. The molecule has 0 aliphatic carbocycles. The van der Waals surface area contributed by atoms with Crippen LogP contribution in [-0.2, 0) is 0 Å². The zero-order valence-corrected chi connectivity index (χ0v) is 12.0.